The van der Waals surface area contributed by atoms with Crippen molar-refractivity contribution < 1.29 is 4.74 Å². The Kier molecular flexibility index (Phi) is 2.56. The number of nitrogens with one attached hydrogen (secondary N) is 1. The summed E-state index contributed by atoms with van der Waals surface area (Å²) in [5.41, 5.74) is 1.30. The Labute approximate surface area is 86.4 Å². The summed E-state index contributed by atoms with van der Waals surface area (Å²) >= 11 is 3.54. The Hall–Kier alpha value is -0.540. The van der Waals surface area contributed by atoms with Crippen molar-refractivity contribution in [1.29, 1.82) is 0 Å². The van der Waals surface area contributed by atoms with E-state index in [0.29, 0.717) is 6.04 Å². The molecule has 1 aliphatic heterocycles. The smallest absolute Gasteiger partial charge is 0.119 e. The SMILES string of the molecule is COc1ccc(Br)c([C@@H]2CCN2)c1. The molecule has 1 heterocycles. The number of halogens is 1. The maximum atomic E-state index is 5.18. The molecule has 0 aliphatic carbocycles. The zero-order valence-corrected chi connectivity index (χ0v) is 9.10. The lowest BCUT2D eigenvalue weighted by Crippen LogP contribution is -2.35. The van der Waals surface area contributed by atoms with Crippen LogP contribution in [0, 0.1) is 0 Å². The molecule has 1 saturated heterocycles. The fourth-order valence-electron chi connectivity index (χ4n) is 1.47. The van der Waals surface area contributed by atoms with Gasteiger partial charge in [-0.05, 0) is 36.7 Å². The molecular weight excluding hydrogens is 230 g/mol. The fraction of sp³-hybridized carbons (Fsp3) is 0.400. The maximum absolute atomic E-state index is 5.18. The van der Waals surface area contributed by atoms with Gasteiger partial charge in [-0.2, -0.15) is 0 Å². The molecule has 2 nitrogen and oxygen atoms in total. The number of ether oxygens (including phenoxy) is 1. The summed E-state index contributed by atoms with van der Waals surface area (Å²) in [7, 11) is 1.70. The van der Waals surface area contributed by atoms with Gasteiger partial charge in [0.25, 0.3) is 0 Å². The van der Waals surface area contributed by atoms with E-state index in [1.54, 1.807) is 7.11 Å². The third-order valence-corrected chi connectivity index (χ3v) is 3.12. The second kappa shape index (κ2) is 3.68. The van der Waals surface area contributed by atoms with Gasteiger partial charge in [0.2, 0.25) is 0 Å². The molecule has 1 aliphatic rings. The minimum atomic E-state index is 0.504. The van der Waals surface area contributed by atoms with Gasteiger partial charge in [0.05, 0.1) is 7.11 Å². The van der Waals surface area contributed by atoms with E-state index in [1.165, 1.54) is 12.0 Å². The van der Waals surface area contributed by atoms with Crippen LogP contribution in [0.25, 0.3) is 0 Å². The molecule has 13 heavy (non-hydrogen) atoms. The lowest BCUT2D eigenvalue weighted by molar-refractivity contribution is 0.376. The predicted octanol–water partition coefficient (Wildman–Crippen LogP) is 2.49. The first-order chi connectivity index (χ1) is 6.31. The van der Waals surface area contributed by atoms with Crippen LogP contribution in [0.15, 0.2) is 22.7 Å². The highest BCUT2D eigenvalue weighted by atomic mass is 79.9. The van der Waals surface area contributed by atoms with Crippen molar-refractivity contribution in [1.82, 2.24) is 5.32 Å². The molecule has 70 valence electrons. The second-order valence-electron chi connectivity index (χ2n) is 3.18. The summed E-state index contributed by atoms with van der Waals surface area (Å²) in [5, 5.41) is 3.37. The summed E-state index contributed by atoms with van der Waals surface area (Å²) in [4.78, 5) is 0. The Morgan fingerprint density at radius 1 is 1.54 bits per heavy atom. The van der Waals surface area contributed by atoms with Crippen molar-refractivity contribution in [2.45, 2.75) is 12.5 Å². The largest absolute Gasteiger partial charge is 0.497 e. The van der Waals surface area contributed by atoms with Crippen molar-refractivity contribution in [3.63, 3.8) is 0 Å². The number of hydrogen-bond donors (Lipinski definition) is 1. The Balaban J connectivity index is 2.30. The molecule has 0 radical (unpaired) electrons. The summed E-state index contributed by atoms with van der Waals surface area (Å²) < 4.78 is 6.34. The Morgan fingerprint density at radius 2 is 2.31 bits per heavy atom. The van der Waals surface area contributed by atoms with Crippen LogP contribution in [0.4, 0.5) is 0 Å². The lowest BCUT2D eigenvalue weighted by Gasteiger charge is -2.29. The van der Waals surface area contributed by atoms with Crippen LogP contribution in [0.2, 0.25) is 0 Å². The predicted molar refractivity (Wildman–Crippen MR) is 56.1 cm³/mol. The first-order valence-corrected chi connectivity index (χ1v) is 5.17. The summed E-state index contributed by atoms with van der Waals surface area (Å²) in [6.07, 6.45) is 1.21. The van der Waals surface area contributed by atoms with Crippen molar-refractivity contribution in [2.75, 3.05) is 13.7 Å². The molecule has 1 aromatic carbocycles. The highest BCUT2D eigenvalue weighted by Crippen LogP contribution is 2.32. The van der Waals surface area contributed by atoms with Crippen LogP contribution in [-0.2, 0) is 0 Å². The molecule has 2 rings (SSSR count). The van der Waals surface area contributed by atoms with E-state index in [9.17, 15) is 0 Å². The molecule has 3 heteroatoms. The average molecular weight is 242 g/mol. The van der Waals surface area contributed by atoms with E-state index in [4.69, 9.17) is 4.74 Å². The second-order valence-corrected chi connectivity index (χ2v) is 4.04. The van der Waals surface area contributed by atoms with E-state index >= 15 is 0 Å². The van der Waals surface area contributed by atoms with E-state index in [0.717, 1.165) is 16.8 Å². The van der Waals surface area contributed by atoms with Gasteiger partial charge in [-0.1, -0.05) is 15.9 Å². The summed E-state index contributed by atoms with van der Waals surface area (Å²) in [6.45, 7) is 1.12. The topological polar surface area (TPSA) is 21.3 Å². The van der Waals surface area contributed by atoms with Crippen molar-refractivity contribution in [3.8, 4) is 5.75 Å². The summed E-state index contributed by atoms with van der Waals surface area (Å²) in [5.74, 6) is 0.923. The molecule has 0 spiro atoms. The molecule has 0 unspecified atom stereocenters. The third-order valence-electron chi connectivity index (χ3n) is 2.40. The molecule has 1 aromatic rings. The van der Waals surface area contributed by atoms with Gasteiger partial charge < -0.3 is 10.1 Å². The summed E-state index contributed by atoms with van der Waals surface area (Å²) in [6, 6.07) is 6.59. The number of hydrogen-bond acceptors (Lipinski definition) is 2. The number of rotatable bonds is 2. The standard InChI is InChI=1S/C10H12BrNO/c1-13-7-2-3-9(11)8(6-7)10-4-5-12-10/h2-3,6,10,12H,4-5H2,1H3/t10-/m0/s1. The van der Waals surface area contributed by atoms with Gasteiger partial charge in [0.15, 0.2) is 0 Å². The molecule has 0 amide bonds. The van der Waals surface area contributed by atoms with Gasteiger partial charge in [0, 0.05) is 10.5 Å². The zero-order valence-electron chi connectivity index (χ0n) is 7.51. The lowest BCUT2D eigenvalue weighted by atomic mass is 9.98. The molecule has 0 saturated carbocycles. The van der Waals surface area contributed by atoms with Crippen LogP contribution in [0.5, 0.6) is 5.75 Å². The van der Waals surface area contributed by atoms with Crippen molar-refractivity contribution in [2.24, 2.45) is 0 Å². The monoisotopic (exact) mass is 241 g/mol. The molecule has 1 atom stereocenters. The average Bonchev–Trinajstić information content (AvgIpc) is 2.06. The minimum Gasteiger partial charge on any atom is -0.497 e. The Bertz CT molecular complexity index is 310. The van der Waals surface area contributed by atoms with E-state index in [-0.39, 0.29) is 0 Å². The number of benzene rings is 1. The van der Waals surface area contributed by atoms with Crippen molar-refractivity contribution in [3.05, 3.63) is 28.2 Å². The van der Waals surface area contributed by atoms with Gasteiger partial charge in [-0.25, -0.2) is 0 Å². The van der Waals surface area contributed by atoms with Crippen LogP contribution >= 0.6 is 15.9 Å². The van der Waals surface area contributed by atoms with E-state index in [2.05, 4.69) is 27.3 Å². The molecule has 1 N–H and O–H groups in total. The van der Waals surface area contributed by atoms with Gasteiger partial charge in [-0.15, -0.1) is 0 Å². The number of methoxy groups -OCH3 is 1. The maximum Gasteiger partial charge on any atom is 0.119 e. The molecule has 1 fully saturated rings. The first-order valence-electron chi connectivity index (χ1n) is 4.38. The first kappa shape index (κ1) is 9.03. The highest BCUT2D eigenvalue weighted by Gasteiger charge is 2.20. The van der Waals surface area contributed by atoms with Crippen LogP contribution in [0.3, 0.4) is 0 Å². The van der Waals surface area contributed by atoms with Gasteiger partial charge in [-0.3, -0.25) is 0 Å². The fourth-order valence-corrected chi connectivity index (χ4v) is 1.99. The molecule has 0 bridgehead atoms. The normalized spacial score (nSPS) is 20.9. The van der Waals surface area contributed by atoms with Crippen LogP contribution in [0.1, 0.15) is 18.0 Å². The highest BCUT2D eigenvalue weighted by molar-refractivity contribution is 9.10. The zero-order chi connectivity index (χ0) is 9.26. The van der Waals surface area contributed by atoms with E-state index < -0.39 is 0 Å². The minimum absolute atomic E-state index is 0.504. The quantitative estimate of drug-likeness (QED) is 0.860. The van der Waals surface area contributed by atoms with Crippen LogP contribution in [-0.4, -0.2) is 13.7 Å². The van der Waals surface area contributed by atoms with Gasteiger partial charge in [0.1, 0.15) is 5.75 Å². The Morgan fingerprint density at radius 3 is 2.85 bits per heavy atom. The van der Waals surface area contributed by atoms with Gasteiger partial charge >= 0.3 is 0 Å². The molecule has 0 aromatic heterocycles. The molecular formula is C10H12BrNO. The van der Waals surface area contributed by atoms with Crippen LogP contribution < -0.4 is 10.1 Å². The van der Waals surface area contributed by atoms with Crippen molar-refractivity contribution >= 4 is 15.9 Å². The third kappa shape index (κ3) is 1.71. The van der Waals surface area contributed by atoms with E-state index in [1.807, 2.05) is 12.1 Å².